The third-order valence-electron chi connectivity index (χ3n) is 3.23. The van der Waals surface area contributed by atoms with E-state index in [9.17, 15) is 8.42 Å². The largest absolute Gasteiger partial charge is 0.493 e. The van der Waals surface area contributed by atoms with Crippen LogP contribution in [0.4, 0.5) is 0 Å². The molecule has 22 heavy (non-hydrogen) atoms. The molecule has 0 radical (unpaired) electrons. The van der Waals surface area contributed by atoms with Gasteiger partial charge in [-0.25, -0.2) is 13.1 Å². The van der Waals surface area contributed by atoms with E-state index in [0.29, 0.717) is 29.1 Å². The molecular weight excluding hydrogens is 376 g/mol. The predicted molar refractivity (Wildman–Crippen MR) is 85.0 cm³/mol. The van der Waals surface area contributed by atoms with Crippen LogP contribution in [-0.2, 0) is 14.8 Å². The summed E-state index contributed by atoms with van der Waals surface area (Å²) in [4.78, 5) is 0.0916. The number of rotatable bonds is 6. The van der Waals surface area contributed by atoms with Gasteiger partial charge in [0.25, 0.3) is 0 Å². The highest BCUT2D eigenvalue weighted by Gasteiger charge is 2.23. The van der Waals surface area contributed by atoms with Gasteiger partial charge in [-0.2, -0.15) is 0 Å². The molecular formula is C13H19BrN2O5S. The average Bonchev–Trinajstić information content (AvgIpc) is 2.53. The average molecular weight is 395 g/mol. The fourth-order valence-electron chi connectivity index (χ4n) is 2.07. The van der Waals surface area contributed by atoms with Crippen LogP contribution in [0.15, 0.2) is 21.5 Å². The summed E-state index contributed by atoms with van der Waals surface area (Å²) >= 11 is 3.25. The van der Waals surface area contributed by atoms with Gasteiger partial charge in [0.1, 0.15) is 4.90 Å². The van der Waals surface area contributed by atoms with E-state index >= 15 is 0 Å². The Labute approximate surface area is 138 Å². The van der Waals surface area contributed by atoms with Crippen molar-refractivity contribution < 1.29 is 22.6 Å². The second kappa shape index (κ2) is 7.60. The molecule has 1 atom stereocenters. The van der Waals surface area contributed by atoms with Gasteiger partial charge in [-0.1, -0.05) is 0 Å². The SMILES string of the molecule is COc1cc(Br)c(S(=O)(=O)NCC2CNCCO2)cc1OC. The van der Waals surface area contributed by atoms with Crippen molar-refractivity contribution in [2.24, 2.45) is 0 Å². The minimum absolute atomic E-state index is 0.0916. The van der Waals surface area contributed by atoms with E-state index in [2.05, 4.69) is 26.0 Å². The van der Waals surface area contributed by atoms with E-state index in [1.54, 1.807) is 6.07 Å². The summed E-state index contributed by atoms with van der Waals surface area (Å²) in [5.74, 6) is 0.801. The lowest BCUT2D eigenvalue weighted by atomic mass is 10.3. The number of hydrogen-bond acceptors (Lipinski definition) is 6. The molecule has 1 heterocycles. The molecule has 1 aromatic carbocycles. The molecule has 0 saturated carbocycles. The van der Waals surface area contributed by atoms with Crippen LogP contribution in [0.2, 0.25) is 0 Å². The van der Waals surface area contributed by atoms with E-state index in [0.717, 1.165) is 6.54 Å². The molecule has 124 valence electrons. The second-order valence-electron chi connectivity index (χ2n) is 4.69. The second-order valence-corrected chi connectivity index (χ2v) is 7.28. The Balaban J connectivity index is 2.17. The molecule has 2 rings (SSSR count). The summed E-state index contributed by atoms with van der Waals surface area (Å²) in [5.41, 5.74) is 0. The van der Waals surface area contributed by atoms with Crippen LogP contribution >= 0.6 is 15.9 Å². The lowest BCUT2D eigenvalue weighted by molar-refractivity contribution is 0.0324. The van der Waals surface area contributed by atoms with Gasteiger partial charge in [0, 0.05) is 30.2 Å². The fraction of sp³-hybridized carbons (Fsp3) is 0.538. The third-order valence-corrected chi connectivity index (χ3v) is 5.62. The van der Waals surface area contributed by atoms with E-state index in [4.69, 9.17) is 14.2 Å². The maximum atomic E-state index is 12.4. The highest BCUT2D eigenvalue weighted by Crippen LogP contribution is 2.35. The highest BCUT2D eigenvalue weighted by atomic mass is 79.9. The number of halogens is 1. The lowest BCUT2D eigenvalue weighted by Crippen LogP contribution is -2.45. The van der Waals surface area contributed by atoms with Crippen molar-refractivity contribution in [2.75, 3.05) is 40.5 Å². The van der Waals surface area contributed by atoms with Crippen LogP contribution < -0.4 is 19.5 Å². The zero-order chi connectivity index (χ0) is 16.2. The molecule has 0 aliphatic carbocycles. The molecule has 9 heteroatoms. The molecule has 0 spiro atoms. The van der Waals surface area contributed by atoms with E-state index < -0.39 is 10.0 Å². The third kappa shape index (κ3) is 4.11. The molecule has 1 aliphatic heterocycles. The zero-order valence-electron chi connectivity index (χ0n) is 12.4. The lowest BCUT2D eigenvalue weighted by Gasteiger charge is -2.23. The van der Waals surface area contributed by atoms with Gasteiger partial charge >= 0.3 is 0 Å². The molecule has 7 nitrogen and oxygen atoms in total. The van der Waals surface area contributed by atoms with Crippen LogP contribution in [0.25, 0.3) is 0 Å². The van der Waals surface area contributed by atoms with Gasteiger partial charge in [0.2, 0.25) is 10.0 Å². The summed E-state index contributed by atoms with van der Waals surface area (Å²) < 4.78 is 43.6. The molecule has 1 saturated heterocycles. The van der Waals surface area contributed by atoms with Gasteiger partial charge in [0.05, 0.1) is 26.9 Å². The van der Waals surface area contributed by atoms with Crippen molar-refractivity contribution in [1.29, 1.82) is 0 Å². The summed E-state index contributed by atoms with van der Waals surface area (Å²) in [6.07, 6.45) is -0.178. The van der Waals surface area contributed by atoms with E-state index in [1.807, 2.05) is 0 Å². The van der Waals surface area contributed by atoms with Crippen molar-refractivity contribution >= 4 is 26.0 Å². The number of morpholine rings is 1. The van der Waals surface area contributed by atoms with Gasteiger partial charge < -0.3 is 19.5 Å². The van der Waals surface area contributed by atoms with Crippen LogP contribution in [0.1, 0.15) is 0 Å². The Morgan fingerprint density at radius 2 is 2.05 bits per heavy atom. The van der Waals surface area contributed by atoms with Crippen LogP contribution in [-0.4, -0.2) is 55.0 Å². The Morgan fingerprint density at radius 1 is 1.36 bits per heavy atom. The van der Waals surface area contributed by atoms with Gasteiger partial charge in [-0.3, -0.25) is 0 Å². The normalized spacial score (nSPS) is 19.0. The number of ether oxygens (including phenoxy) is 3. The van der Waals surface area contributed by atoms with Crippen LogP contribution in [0, 0.1) is 0 Å². The number of nitrogens with one attached hydrogen (secondary N) is 2. The maximum absolute atomic E-state index is 12.4. The molecule has 2 N–H and O–H groups in total. The van der Waals surface area contributed by atoms with Gasteiger partial charge in [0.15, 0.2) is 11.5 Å². The Bertz CT molecular complexity index is 617. The molecule has 0 amide bonds. The minimum Gasteiger partial charge on any atom is -0.493 e. The van der Waals surface area contributed by atoms with Crippen molar-refractivity contribution in [1.82, 2.24) is 10.0 Å². The highest BCUT2D eigenvalue weighted by molar-refractivity contribution is 9.10. The van der Waals surface area contributed by atoms with Crippen LogP contribution in [0.5, 0.6) is 11.5 Å². The fourth-order valence-corrected chi connectivity index (χ4v) is 4.17. The van der Waals surface area contributed by atoms with Crippen molar-refractivity contribution in [3.05, 3.63) is 16.6 Å². The number of benzene rings is 1. The summed E-state index contributed by atoms with van der Waals surface area (Å²) in [7, 11) is -0.742. The first-order chi connectivity index (χ1) is 10.5. The molecule has 1 aliphatic rings. The van der Waals surface area contributed by atoms with Crippen molar-refractivity contribution in [3.63, 3.8) is 0 Å². The van der Waals surface area contributed by atoms with Crippen molar-refractivity contribution in [2.45, 2.75) is 11.0 Å². The minimum atomic E-state index is -3.69. The number of methoxy groups -OCH3 is 2. The topological polar surface area (TPSA) is 85.9 Å². The Hall–Kier alpha value is -0.870. The van der Waals surface area contributed by atoms with Gasteiger partial charge in [-0.15, -0.1) is 0 Å². The molecule has 0 bridgehead atoms. The smallest absolute Gasteiger partial charge is 0.241 e. The number of hydrogen-bond donors (Lipinski definition) is 2. The first-order valence-corrected chi connectivity index (χ1v) is 8.99. The molecule has 1 fully saturated rings. The monoisotopic (exact) mass is 394 g/mol. The summed E-state index contributed by atoms with van der Waals surface area (Å²) in [6, 6.07) is 2.98. The van der Waals surface area contributed by atoms with E-state index in [1.165, 1.54) is 20.3 Å². The number of sulfonamides is 1. The zero-order valence-corrected chi connectivity index (χ0v) is 14.8. The molecule has 0 aromatic heterocycles. The maximum Gasteiger partial charge on any atom is 0.241 e. The molecule has 1 unspecified atom stereocenters. The quantitative estimate of drug-likeness (QED) is 0.739. The Morgan fingerprint density at radius 3 is 2.64 bits per heavy atom. The van der Waals surface area contributed by atoms with Crippen LogP contribution in [0.3, 0.4) is 0 Å². The van der Waals surface area contributed by atoms with Gasteiger partial charge in [-0.05, 0) is 22.0 Å². The van der Waals surface area contributed by atoms with E-state index in [-0.39, 0.29) is 17.5 Å². The molecule has 1 aromatic rings. The van der Waals surface area contributed by atoms with Crippen molar-refractivity contribution in [3.8, 4) is 11.5 Å². The standard InChI is InChI=1S/C13H19BrN2O5S/c1-19-11-5-10(14)13(6-12(11)20-2)22(17,18)16-8-9-7-15-3-4-21-9/h5-6,9,15-16H,3-4,7-8H2,1-2H3. The Kier molecular flexibility index (Phi) is 6.04. The first-order valence-electron chi connectivity index (χ1n) is 6.71. The summed E-state index contributed by atoms with van der Waals surface area (Å²) in [5, 5.41) is 3.15. The first kappa shape index (κ1) is 17.5. The summed E-state index contributed by atoms with van der Waals surface area (Å²) in [6.45, 7) is 2.18. The predicted octanol–water partition coefficient (Wildman–Crippen LogP) is 0.733.